The van der Waals surface area contributed by atoms with E-state index >= 15 is 0 Å². The molecule has 0 fully saturated rings. The molecule has 0 atom stereocenters. The fraction of sp³-hybridized carbons (Fsp3) is 0.0769. The number of rotatable bonds is 3. The Labute approximate surface area is 113 Å². The Kier molecular flexibility index (Phi) is 3.92. The van der Waals surface area contributed by atoms with Crippen molar-refractivity contribution in [1.29, 1.82) is 0 Å². The van der Waals surface area contributed by atoms with Crippen LogP contribution in [0, 0.1) is 0 Å². The molecule has 4 heteroatoms. The summed E-state index contributed by atoms with van der Waals surface area (Å²) in [4.78, 5) is 0. The van der Waals surface area contributed by atoms with Crippen LogP contribution in [0.4, 0.5) is 5.69 Å². The van der Waals surface area contributed by atoms with Crippen molar-refractivity contribution in [1.82, 2.24) is 0 Å². The second-order valence-corrected chi connectivity index (χ2v) is 4.91. The van der Waals surface area contributed by atoms with Gasteiger partial charge in [0.25, 0.3) is 0 Å². The zero-order valence-corrected chi connectivity index (χ0v) is 11.3. The molecule has 2 aromatic carbocycles. The summed E-state index contributed by atoms with van der Waals surface area (Å²) in [6.45, 7) is 0.680. The molecule has 88 valence electrons. The van der Waals surface area contributed by atoms with Crippen molar-refractivity contribution in [2.75, 3.05) is 5.32 Å². The van der Waals surface area contributed by atoms with Gasteiger partial charge in [-0.2, -0.15) is 0 Å². The summed E-state index contributed by atoms with van der Waals surface area (Å²) >= 11 is 9.30. The molecule has 17 heavy (non-hydrogen) atoms. The third kappa shape index (κ3) is 3.38. The molecule has 0 spiro atoms. The molecule has 0 unspecified atom stereocenters. The smallest absolute Gasteiger partial charge is 0.117 e. The molecule has 0 aliphatic carbocycles. The maximum absolute atomic E-state index is 9.33. The SMILES string of the molecule is Oc1cccc(NCc2ccc(Cl)c(Br)c2)c1. The van der Waals surface area contributed by atoms with E-state index in [9.17, 15) is 5.11 Å². The molecule has 0 aliphatic rings. The second-order valence-electron chi connectivity index (χ2n) is 3.65. The van der Waals surface area contributed by atoms with Gasteiger partial charge in [-0.1, -0.05) is 23.7 Å². The number of hydrogen-bond donors (Lipinski definition) is 2. The Morgan fingerprint density at radius 3 is 2.71 bits per heavy atom. The molecule has 0 amide bonds. The largest absolute Gasteiger partial charge is 0.508 e. The lowest BCUT2D eigenvalue weighted by Gasteiger charge is -2.07. The van der Waals surface area contributed by atoms with Crippen molar-refractivity contribution in [3.63, 3.8) is 0 Å². The van der Waals surface area contributed by atoms with Crippen LogP contribution in [0.15, 0.2) is 46.9 Å². The molecule has 0 heterocycles. The minimum absolute atomic E-state index is 0.257. The first-order valence-electron chi connectivity index (χ1n) is 5.12. The summed E-state index contributed by atoms with van der Waals surface area (Å²) in [5.41, 5.74) is 2.00. The molecule has 0 saturated carbocycles. The van der Waals surface area contributed by atoms with Crippen LogP contribution in [0.5, 0.6) is 5.75 Å². The molecule has 2 N–H and O–H groups in total. The number of benzene rings is 2. The van der Waals surface area contributed by atoms with Gasteiger partial charge < -0.3 is 10.4 Å². The van der Waals surface area contributed by atoms with E-state index in [-0.39, 0.29) is 5.75 Å². The highest BCUT2D eigenvalue weighted by atomic mass is 79.9. The molecule has 2 rings (SSSR count). The standard InChI is InChI=1S/C13H11BrClNO/c14-12-6-9(4-5-13(12)15)8-16-10-2-1-3-11(17)7-10/h1-7,16-17H,8H2. The van der Waals surface area contributed by atoms with Gasteiger partial charge in [-0.3, -0.25) is 0 Å². The Bertz CT molecular complexity index is 531. The number of aromatic hydroxyl groups is 1. The zero-order chi connectivity index (χ0) is 12.3. The summed E-state index contributed by atoms with van der Waals surface area (Å²) in [7, 11) is 0. The van der Waals surface area contributed by atoms with Crippen molar-refractivity contribution < 1.29 is 5.11 Å². The number of phenolic OH excluding ortho intramolecular Hbond substituents is 1. The van der Waals surface area contributed by atoms with Crippen LogP contribution >= 0.6 is 27.5 Å². The van der Waals surface area contributed by atoms with E-state index < -0.39 is 0 Å². The number of halogens is 2. The maximum Gasteiger partial charge on any atom is 0.117 e. The maximum atomic E-state index is 9.33. The third-order valence-electron chi connectivity index (χ3n) is 2.33. The molecule has 2 nitrogen and oxygen atoms in total. The van der Waals surface area contributed by atoms with Gasteiger partial charge in [-0.25, -0.2) is 0 Å². The van der Waals surface area contributed by atoms with Crippen LogP contribution in [-0.4, -0.2) is 5.11 Å². The molecule has 0 aromatic heterocycles. The van der Waals surface area contributed by atoms with Gasteiger partial charge in [0.1, 0.15) is 5.75 Å². The van der Waals surface area contributed by atoms with Crippen LogP contribution in [0.1, 0.15) is 5.56 Å². The van der Waals surface area contributed by atoms with Crippen LogP contribution in [-0.2, 0) is 6.54 Å². The average molecular weight is 313 g/mol. The molecular weight excluding hydrogens is 302 g/mol. The summed E-state index contributed by atoms with van der Waals surface area (Å²) < 4.78 is 0.884. The molecule has 0 saturated heterocycles. The van der Waals surface area contributed by atoms with Crippen molar-refractivity contribution >= 4 is 33.2 Å². The number of anilines is 1. The predicted octanol–water partition coefficient (Wildman–Crippen LogP) is 4.42. The molecule has 2 aromatic rings. The van der Waals surface area contributed by atoms with E-state index in [0.29, 0.717) is 11.6 Å². The van der Waals surface area contributed by atoms with E-state index in [2.05, 4.69) is 21.2 Å². The Balaban J connectivity index is 2.05. The molecule has 0 bridgehead atoms. The first kappa shape index (κ1) is 12.3. The molecule has 0 aliphatic heterocycles. The van der Waals surface area contributed by atoms with Crippen molar-refractivity contribution in [3.05, 3.63) is 57.5 Å². The Morgan fingerprint density at radius 1 is 1.18 bits per heavy atom. The third-order valence-corrected chi connectivity index (χ3v) is 3.54. The first-order chi connectivity index (χ1) is 8.15. The topological polar surface area (TPSA) is 32.3 Å². The van der Waals surface area contributed by atoms with Gasteiger partial charge in [-0.05, 0) is 45.8 Å². The summed E-state index contributed by atoms with van der Waals surface area (Å²) in [6.07, 6.45) is 0. The van der Waals surface area contributed by atoms with Gasteiger partial charge in [-0.15, -0.1) is 0 Å². The lowest BCUT2D eigenvalue weighted by Crippen LogP contribution is -1.98. The van der Waals surface area contributed by atoms with E-state index in [1.54, 1.807) is 18.2 Å². The summed E-state index contributed by atoms with van der Waals surface area (Å²) in [6, 6.07) is 12.8. The van der Waals surface area contributed by atoms with Crippen molar-refractivity contribution in [2.24, 2.45) is 0 Å². The van der Waals surface area contributed by atoms with Crippen molar-refractivity contribution in [3.8, 4) is 5.75 Å². The fourth-order valence-electron chi connectivity index (χ4n) is 1.47. The van der Waals surface area contributed by atoms with Crippen LogP contribution < -0.4 is 5.32 Å². The van der Waals surface area contributed by atoms with E-state index in [4.69, 9.17) is 11.6 Å². The summed E-state index contributed by atoms with van der Waals surface area (Å²) in [5, 5.41) is 13.3. The number of nitrogens with one attached hydrogen (secondary N) is 1. The van der Waals surface area contributed by atoms with E-state index in [1.165, 1.54) is 0 Å². The minimum atomic E-state index is 0.257. The lowest BCUT2D eigenvalue weighted by atomic mass is 10.2. The monoisotopic (exact) mass is 311 g/mol. The van der Waals surface area contributed by atoms with Gasteiger partial charge in [0.05, 0.1) is 5.02 Å². The van der Waals surface area contributed by atoms with Gasteiger partial charge >= 0.3 is 0 Å². The zero-order valence-electron chi connectivity index (χ0n) is 8.95. The normalized spacial score (nSPS) is 10.2. The lowest BCUT2D eigenvalue weighted by molar-refractivity contribution is 0.475. The number of phenols is 1. The van der Waals surface area contributed by atoms with E-state index in [1.807, 2.05) is 24.3 Å². The van der Waals surface area contributed by atoms with Crippen LogP contribution in [0.3, 0.4) is 0 Å². The van der Waals surface area contributed by atoms with Gasteiger partial charge in [0.15, 0.2) is 0 Å². The minimum Gasteiger partial charge on any atom is -0.508 e. The van der Waals surface area contributed by atoms with Gasteiger partial charge in [0.2, 0.25) is 0 Å². The fourth-order valence-corrected chi connectivity index (χ4v) is 2.01. The predicted molar refractivity (Wildman–Crippen MR) is 74.6 cm³/mol. The van der Waals surface area contributed by atoms with Crippen LogP contribution in [0.2, 0.25) is 5.02 Å². The molecular formula is C13H11BrClNO. The number of hydrogen-bond acceptors (Lipinski definition) is 2. The Morgan fingerprint density at radius 2 is 2.00 bits per heavy atom. The first-order valence-corrected chi connectivity index (χ1v) is 6.29. The summed E-state index contributed by atoms with van der Waals surface area (Å²) in [5.74, 6) is 0.257. The molecule has 0 radical (unpaired) electrons. The van der Waals surface area contributed by atoms with E-state index in [0.717, 1.165) is 15.7 Å². The second kappa shape index (κ2) is 5.43. The quantitative estimate of drug-likeness (QED) is 0.879. The average Bonchev–Trinajstić information content (AvgIpc) is 2.31. The highest BCUT2D eigenvalue weighted by Gasteiger charge is 1.99. The van der Waals surface area contributed by atoms with Crippen molar-refractivity contribution in [2.45, 2.75) is 6.54 Å². The highest BCUT2D eigenvalue weighted by molar-refractivity contribution is 9.10. The van der Waals surface area contributed by atoms with Crippen LogP contribution in [0.25, 0.3) is 0 Å². The highest BCUT2D eigenvalue weighted by Crippen LogP contribution is 2.24. The van der Waals surface area contributed by atoms with Gasteiger partial charge in [0, 0.05) is 22.8 Å². The Hall–Kier alpha value is -1.19.